The van der Waals surface area contributed by atoms with Crippen molar-refractivity contribution in [2.24, 2.45) is 4.99 Å². The zero-order valence-electron chi connectivity index (χ0n) is 17.5. The Morgan fingerprint density at radius 2 is 1.90 bits per heavy atom. The number of hydrogen-bond donors (Lipinski definition) is 2. The fourth-order valence-corrected chi connectivity index (χ4v) is 3.47. The summed E-state index contributed by atoms with van der Waals surface area (Å²) in [5.41, 5.74) is 1.05. The Labute approximate surface area is 204 Å². The molecule has 0 aliphatic carbocycles. The van der Waals surface area contributed by atoms with E-state index in [0.29, 0.717) is 56.4 Å². The number of hydrogen-bond acceptors (Lipinski definition) is 4. The van der Waals surface area contributed by atoms with Crippen molar-refractivity contribution in [1.82, 2.24) is 25.3 Å². The number of likely N-dealkylation sites (tertiary alicyclic amines) is 1. The van der Waals surface area contributed by atoms with E-state index in [0.717, 1.165) is 5.56 Å². The standard InChI is InChI=1S/C21H27ClN6O2.HI/c1-2-23-21(24-12-14-27-19(29)5-3-6-20(27)30)25-15-18(28-13-4-11-26-28)16-7-9-17(22)10-8-16;/h4,7-11,13,18H,2-3,5-6,12,14-15H2,1H3,(H2,23,24,25);1H. The van der Waals surface area contributed by atoms with Crippen molar-refractivity contribution in [1.29, 1.82) is 0 Å². The molecular weight excluding hydrogens is 531 g/mol. The van der Waals surface area contributed by atoms with Gasteiger partial charge >= 0.3 is 0 Å². The van der Waals surface area contributed by atoms with Crippen molar-refractivity contribution in [3.8, 4) is 0 Å². The van der Waals surface area contributed by atoms with E-state index in [2.05, 4.69) is 15.7 Å². The third kappa shape index (κ3) is 7.20. The van der Waals surface area contributed by atoms with Gasteiger partial charge in [-0.3, -0.25) is 24.2 Å². The monoisotopic (exact) mass is 558 g/mol. The van der Waals surface area contributed by atoms with Crippen molar-refractivity contribution in [2.45, 2.75) is 32.2 Å². The van der Waals surface area contributed by atoms with Gasteiger partial charge in [0.15, 0.2) is 5.96 Å². The summed E-state index contributed by atoms with van der Waals surface area (Å²) < 4.78 is 1.86. The lowest BCUT2D eigenvalue weighted by molar-refractivity contribution is -0.147. The molecule has 0 bridgehead atoms. The molecule has 1 atom stereocenters. The Kier molecular flexibility index (Phi) is 10.3. The number of carbonyl (C=O) groups excluding carboxylic acids is 2. The molecule has 10 heteroatoms. The minimum atomic E-state index is -0.100. The first kappa shape index (κ1) is 25.1. The second kappa shape index (κ2) is 12.7. The van der Waals surface area contributed by atoms with Gasteiger partial charge in [0.1, 0.15) is 0 Å². The molecule has 1 aliphatic rings. The highest BCUT2D eigenvalue weighted by atomic mass is 127. The highest BCUT2D eigenvalue weighted by molar-refractivity contribution is 14.0. The van der Waals surface area contributed by atoms with Crippen LogP contribution in [0.5, 0.6) is 0 Å². The molecule has 2 N–H and O–H groups in total. The number of rotatable bonds is 8. The largest absolute Gasteiger partial charge is 0.357 e. The Balaban J connectivity index is 0.00000341. The van der Waals surface area contributed by atoms with E-state index in [9.17, 15) is 9.59 Å². The van der Waals surface area contributed by atoms with Gasteiger partial charge in [0, 0.05) is 49.9 Å². The number of benzene rings is 1. The maximum Gasteiger partial charge on any atom is 0.229 e. The molecule has 168 valence electrons. The average molecular weight is 559 g/mol. The Hall–Kier alpha value is -2.14. The van der Waals surface area contributed by atoms with E-state index in [-0.39, 0.29) is 41.8 Å². The van der Waals surface area contributed by atoms with E-state index in [1.54, 1.807) is 6.20 Å². The lowest BCUT2D eigenvalue weighted by atomic mass is 10.1. The molecule has 1 fully saturated rings. The van der Waals surface area contributed by atoms with Gasteiger partial charge < -0.3 is 10.6 Å². The van der Waals surface area contributed by atoms with Gasteiger partial charge in [-0.2, -0.15) is 5.10 Å². The third-order valence-electron chi connectivity index (χ3n) is 4.88. The summed E-state index contributed by atoms with van der Waals surface area (Å²) in [6, 6.07) is 9.44. The molecule has 0 radical (unpaired) electrons. The van der Waals surface area contributed by atoms with Crippen LogP contribution in [0.25, 0.3) is 0 Å². The molecule has 1 aromatic heterocycles. The van der Waals surface area contributed by atoms with Crippen molar-refractivity contribution < 1.29 is 9.59 Å². The topological polar surface area (TPSA) is 91.6 Å². The van der Waals surface area contributed by atoms with Crippen LogP contribution in [0.4, 0.5) is 0 Å². The van der Waals surface area contributed by atoms with Crippen molar-refractivity contribution in [2.75, 3.05) is 26.2 Å². The fraction of sp³-hybridized carbons (Fsp3) is 0.429. The molecule has 2 amide bonds. The van der Waals surface area contributed by atoms with Crippen molar-refractivity contribution >= 4 is 53.4 Å². The first-order valence-electron chi connectivity index (χ1n) is 10.2. The van der Waals surface area contributed by atoms with Gasteiger partial charge in [-0.1, -0.05) is 23.7 Å². The number of carbonyl (C=O) groups is 2. The number of imide groups is 1. The van der Waals surface area contributed by atoms with Crippen molar-refractivity contribution in [3.05, 3.63) is 53.3 Å². The normalized spacial score (nSPS) is 15.4. The molecule has 8 nitrogen and oxygen atoms in total. The van der Waals surface area contributed by atoms with Crippen molar-refractivity contribution in [3.63, 3.8) is 0 Å². The van der Waals surface area contributed by atoms with Gasteiger partial charge in [0.05, 0.1) is 12.6 Å². The van der Waals surface area contributed by atoms with Gasteiger partial charge in [0.25, 0.3) is 0 Å². The van der Waals surface area contributed by atoms with Crippen LogP contribution >= 0.6 is 35.6 Å². The number of nitrogens with one attached hydrogen (secondary N) is 2. The SMILES string of the molecule is CCNC(=NCC(c1ccc(Cl)cc1)n1cccn1)NCCN1C(=O)CCCC1=O.I. The zero-order valence-corrected chi connectivity index (χ0v) is 20.5. The third-order valence-corrected chi connectivity index (χ3v) is 5.13. The minimum Gasteiger partial charge on any atom is -0.357 e. The number of aromatic nitrogens is 2. The van der Waals surface area contributed by atoms with Gasteiger partial charge in [0.2, 0.25) is 11.8 Å². The van der Waals surface area contributed by atoms with E-state index in [1.165, 1.54) is 4.90 Å². The molecule has 1 unspecified atom stereocenters. The Bertz CT molecular complexity index is 857. The molecule has 2 aromatic rings. The number of amides is 2. The highest BCUT2D eigenvalue weighted by Crippen LogP contribution is 2.20. The summed E-state index contributed by atoms with van der Waals surface area (Å²) in [5, 5.41) is 11.5. The second-order valence-corrected chi connectivity index (χ2v) is 7.43. The molecule has 1 saturated heterocycles. The summed E-state index contributed by atoms with van der Waals surface area (Å²) in [4.78, 5) is 29.9. The van der Waals surface area contributed by atoms with Crippen LogP contribution in [-0.4, -0.2) is 58.6 Å². The maximum absolute atomic E-state index is 11.9. The van der Waals surface area contributed by atoms with E-state index < -0.39 is 0 Å². The van der Waals surface area contributed by atoms with Crippen LogP contribution in [0, 0.1) is 0 Å². The molecule has 0 spiro atoms. The number of aliphatic imine (C=N–C) groups is 1. The minimum absolute atomic E-state index is 0. The smallest absolute Gasteiger partial charge is 0.229 e. The average Bonchev–Trinajstić information content (AvgIpc) is 3.26. The number of nitrogens with zero attached hydrogens (tertiary/aromatic N) is 4. The fourth-order valence-electron chi connectivity index (χ4n) is 3.35. The summed E-state index contributed by atoms with van der Waals surface area (Å²) in [5.74, 6) is 0.425. The molecule has 0 saturated carbocycles. The summed E-state index contributed by atoms with van der Waals surface area (Å²) in [6.45, 7) is 3.92. The lowest BCUT2D eigenvalue weighted by Gasteiger charge is -2.25. The second-order valence-electron chi connectivity index (χ2n) is 6.99. The maximum atomic E-state index is 11.9. The van der Waals surface area contributed by atoms with Crippen LogP contribution in [-0.2, 0) is 9.59 Å². The lowest BCUT2D eigenvalue weighted by Crippen LogP contribution is -2.46. The molecule has 31 heavy (non-hydrogen) atoms. The summed E-state index contributed by atoms with van der Waals surface area (Å²) in [6.07, 6.45) is 5.16. The summed E-state index contributed by atoms with van der Waals surface area (Å²) >= 11 is 6.03. The Morgan fingerprint density at radius 1 is 1.19 bits per heavy atom. The van der Waals surface area contributed by atoms with Crippen LogP contribution in [0.15, 0.2) is 47.7 Å². The molecule has 3 rings (SSSR count). The van der Waals surface area contributed by atoms with Crippen LogP contribution in [0.1, 0.15) is 37.8 Å². The van der Waals surface area contributed by atoms with Gasteiger partial charge in [-0.05, 0) is 37.1 Å². The first-order valence-corrected chi connectivity index (χ1v) is 10.6. The van der Waals surface area contributed by atoms with E-state index in [4.69, 9.17) is 16.6 Å². The molecule has 1 aliphatic heterocycles. The predicted octanol–water partition coefficient (Wildman–Crippen LogP) is 2.84. The number of guanidine groups is 1. The predicted molar refractivity (Wildman–Crippen MR) is 132 cm³/mol. The van der Waals surface area contributed by atoms with Crippen LogP contribution in [0.3, 0.4) is 0 Å². The van der Waals surface area contributed by atoms with Gasteiger partial charge in [-0.25, -0.2) is 0 Å². The van der Waals surface area contributed by atoms with Gasteiger partial charge in [-0.15, -0.1) is 24.0 Å². The van der Waals surface area contributed by atoms with E-state index in [1.807, 2.05) is 48.1 Å². The van der Waals surface area contributed by atoms with Crippen LogP contribution < -0.4 is 10.6 Å². The first-order chi connectivity index (χ1) is 14.6. The summed E-state index contributed by atoms with van der Waals surface area (Å²) in [7, 11) is 0. The van der Waals surface area contributed by atoms with E-state index >= 15 is 0 Å². The Morgan fingerprint density at radius 3 is 2.52 bits per heavy atom. The number of piperidine rings is 1. The highest BCUT2D eigenvalue weighted by Gasteiger charge is 2.25. The zero-order chi connectivity index (χ0) is 21.3. The quantitative estimate of drug-likeness (QED) is 0.225. The molecule has 1 aromatic carbocycles. The molecule has 2 heterocycles. The number of halogens is 2. The van der Waals surface area contributed by atoms with Crippen LogP contribution in [0.2, 0.25) is 5.02 Å². The molecular formula is C21H28ClIN6O2.